The highest BCUT2D eigenvalue weighted by Crippen LogP contribution is 2.26. The van der Waals surface area contributed by atoms with Gasteiger partial charge in [0.1, 0.15) is 10.8 Å². The number of carbonyl (C=O) groups excluding carboxylic acids is 1. The summed E-state index contributed by atoms with van der Waals surface area (Å²) < 4.78 is 13.9. The van der Waals surface area contributed by atoms with Gasteiger partial charge in [0.25, 0.3) is 0 Å². The molecule has 126 valence electrons. The van der Waals surface area contributed by atoms with Crippen LogP contribution in [0.3, 0.4) is 0 Å². The zero-order valence-electron chi connectivity index (χ0n) is 13.6. The Bertz CT molecular complexity index is 921. The van der Waals surface area contributed by atoms with E-state index >= 15 is 0 Å². The summed E-state index contributed by atoms with van der Waals surface area (Å²) in [4.78, 5) is 18.9. The first-order chi connectivity index (χ1) is 12.2. The molecule has 3 aromatic rings. The van der Waals surface area contributed by atoms with E-state index < -0.39 is 0 Å². The molecule has 2 heterocycles. The van der Waals surface area contributed by atoms with Crippen molar-refractivity contribution in [1.82, 2.24) is 9.88 Å². The minimum atomic E-state index is -0.289. The van der Waals surface area contributed by atoms with Gasteiger partial charge in [0.15, 0.2) is 0 Å². The van der Waals surface area contributed by atoms with Crippen molar-refractivity contribution in [3.63, 3.8) is 0 Å². The van der Waals surface area contributed by atoms with Crippen molar-refractivity contribution < 1.29 is 9.18 Å². The third-order valence-electron chi connectivity index (χ3n) is 4.47. The molecule has 4 rings (SSSR count). The molecule has 0 fully saturated rings. The summed E-state index contributed by atoms with van der Waals surface area (Å²) in [5.41, 5.74) is 3.72. The number of amides is 1. The standard InChI is InChI=1S/C20H17FN2OS/c21-18-8-4-3-7-17(18)20-22-16(13-25-20)11-19(24)23-10-9-14-5-1-2-6-15(14)12-23/h1-8,13H,9-12H2. The second kappa shape index (κ2) is 6.76. The fourth-order valence-corrected chi connectivity index (χ4v) is 3.97. The van der Waals surface area contributed by atoms with Crippen molar-refractivity contribution in [3.8, 4) is 10.6 Å². The molecule has 2 aromatic carbocycles. The molecule has 1 aliphatic rings. The number of hydrogen-bond acceptors (Lipinski definition) is 3. The topological polar surface area (TPSA) is 33.2 Å². The number of fused-ring (bicyclic) bond motifs is 1. The molecule has 0 unspecified atom stereocenters. The number of rotatable bonds is 3. The summed E-state index contributed by atoms with van der Waals surface area (Å²) in [6.07, 6.45) is 1.15. The van der Waals surface area contributed by atoms with Crippen LogP contribution in [-0.2, 0) is 24.2 Å². The lowest BCUT2D eigenvalue weighted by Gasteiger charge is -2.28. The second-order valence-corrected chi connectivity index (χ2v) is 6.99. The van der Waals surface area contributed by atoms with Crippen LogP contribution in [0.25, 0.3) is 10.6 Å². The summed E-state index contributed by atoms with van der Waals surface area (Å²) in [6.45, 7) is 1.39. The number of nitrogens with zero attached hydrogens (tertiary/aromatic N) is 2. The third-order valence-corrected chi connectivity index (χ3v) is 5.40. The van der Waals surface area contributed by atoms with Crippen LogP contribution >= 0.6 is 11.3 Å². The van der Waals surface area contributed by atoms with Gasteiger partial charge in [-0.25, -0.2) is 9.37 Å². The van der Waals surface area contributed by atoms with Crippen LogP contribution in [0, 0.1) is 5.82 Å². The van der Waals surface area contributed by atoms with Crippen LogP contribution < -0.4 is 0 Å². The van der Waals surface area contributed by atoms with E-state index in [1.807, 2.05) is 22.4 Å². The Morgan fingerprint density at radius 1 is 1.12 bits per heavy atom. The Morgan fingerprint density at radius 3 is 2.72 bits per heavy atom. The molecule has 0 N–H and O–H groups in total. The van der Waals surface area contributed by atoms with E-state index in [2.05, 4.69) is 17.1 Å². The molecular formula is C20H17FN2OS. The highest BCUT2D eigenvalue weighted by Gasteiger charge is 2.21. The molecule has 1 aromatic heterocycles. The SMILES string of the molecule is O=C(Cc1csc(-c2ccccc2F)n1)N1CCc2ccccc2C1. The molecular weight excluding hydrogens is 335 g/mol. The van der Waals surface area contributed by atoms with Crippen LogP contribution in [0.2, 0.25) is 0 Å². The summed E-state index contributed by atoms with van der Waals surface area (Å²) in [7, 11) is 0. The third kappa shape index (κ3) is 3.33. The first kappa shape index (κ1) is 16.0. The van der Waals surface area contributed by atoms with Crippen molar-refractivity contribution in [2.45, 2.75) is 19.4 Å². The van der Waals surface area contributed by atoms with Gasteiger partial charge in [-0.05, 0) is 29.7 Å². The summed E-state index contributed by atoms with van der Waals surface area (Å²) in [5, 5.41) is 2.46. The Hall–Kier alpha value is -2.53. The largest absolute Gasteiger partial charge is 0.338 e. The van der Waals surface area contributed by atoms with Crippen LogP contribution in [0.4, 0.5) is 4.39 Å². The van der Waals surface area contributed by atoms with Crippen LogP contribution in [0.15, 0.2) is 53.9 Å². The quantitative estimate of drug-likeness (QED) is 0.712. The predicted octanol–water partition coefficient (Wildman–Crippen LogP) is 4.08. The van der Waals surface area contributed by atoms with Crippen LogP contribution in [0.5, 0.6) is 0 Å². The molecule has 0 saturated carbocycles. The lowest BCUT2D eigenvalue weighted by Crippen LogP contribution is -2.36. The van der Waals surface area contributed by atoms with Crippen molar-refractivity contribution in [2.75, 3.05) is 6.54 Å². The fraction of sp³-hybridized carbons (Fsp3) is 0.200. The number of hydrogen-bond donors (Lipinski definition) is 0. The highest BCUT2D eigenvalue weighted by atomic mass is 32.1. The van der Waals surface area contributed by atoms with Crippen LogP contribution in [0.1, 0.15) is 16.8 Å². The zero-order chi connectivity index (χ0) is 17.2. The van der Waals surface area contributed by atoms with Crippen molar-refractivity contribution >= 4 is 17.2 Å². The maximum Gasteiger partial charge on any atom is 0.228 e. The predicted molar refractivity (Wildman–Crippen MR) is 96.8 cm³/mol. The number of aromatic nitrogens is 1. The molecule has 25 heavy (non-hydrogen) atoms. The van der Waals surface area contributed by atoms with Gasteiger partial charge in [-0.3, -0.25) is 4.79 Å². The Labute approximate surface area is 149 Å². The minimum absolute atomic E-state index is 0.0693. The van der Waals surface area contributed by atoms with Gasteiger partial charge in [0, 0.05) is 24.0 Å². The van der Waals surface area contributed by atoms with E-state index in [1.54, 1.807) is 18.2 Å². The fourth-order valence-electron chi connectivity index (χ4n) is 3.12. The molecule has 5 heteroatoms. The first-order valence-corrected chi connectivity index (χ1v) is 9.12. The van der Waals surface area contributed by atoms with Gasteiger partial charge in [-0.15, -0.1) is 11.3 Å². The van der Waals surface area contributed by atoms with E-state index in [-0.39, 0.29) is 18.1 Å². The van der Waals surface area contributed by atoms with Gasteiger partial charge >= 0.3 is 0 Å². The zero-order valence-corrected chi connectivity index (χ0v) is 14.4. The Balaban J connectivity index is 1.47. The van der Waals surface area contributed by atoms with E-state index in [1.165, 1.54) is 28.5 Å². The monoisotopic (exact) mass is 352 g/mol. The van der Waals surface area contributed by atoms with Crippen molar-refractivity contribution in [3.05, 3.63) is 76.5 Å². The summed E-state index contributed by atoms with van der Waals surface area (Å²) in [5.74, 6) is -0.220. The summed E-state index contributed by atoms with van der Waals surface area (Å²) >= 11 is 1.37. The lowest BCUT2D eigenvalue weighted by atomic mass is 10.00. The number of halogens is 1. The van der Waals surface area contributed by atoms with E-state index in [0.717, 1.165) is 13.0 Å². The maximum absolute atomic E-state index is 13.9. The molecule has 0 spiro atoms. The lowest BCUT2D eigenvalue weighted by molar-refractivity contribution is -0.131. The number of carbonyl (C=O) groups is 1. The van der Waals surface area contributed by atoms with Gasteiger partial charge < -0.3 is 4.90 Å². The Kier molecular flexibility index (Phi) is 4.32. The first-order valence-electron chi connectivity index (χ1n) is 8.24. The van der Waals surface area contributed by atoms with Gasteiger partial charge in [-0.1, -0.05) is 36.4 Å². The second-order valence-electron chi connectivity index (χ2n) is 6.13. The van der Waals surface area contributed by atoms with Crippen LogP contribution in [-0.4, -0.2) is 22.3 Å². The Morgan fingerprint density at radius 2 is 1.88 bits per heavy atom. The molecule has 0 radical (unpaired) electrons. The van der Waals surface area contributed by atoms with Gasteiger partial charge in [-0.2, -0.15) is 0 Å². The molecule has 1 aliphatic heterocycles. The number of thiazole rings is 1. The van der Waals surface area contributed by atoms with E-state index in [4.69, 9.17) is 0 Å². The van der Waals surface area contributed by atoms with Crippen molar-refractivity contribution in [1.29, 1.82) is 0 Å². The minimum Gasteiger partial charge on any atom is -0.338 e. The van der Waals surface area contributed by atoms with E-state index in [9.17, 15) is 9.18 Å². The molecule has 0 bridgehead atoms. The average molecular weight is 352 g/mol. The smallest absolute Gasteiger partial charge is 0.228 e. The average Bonchev–Trinajstić information content (AvgIpc) is 3.10. The normalized spacial score (nSPS) is 13.6. The van der Waals surface area contributed by atoms with Crippen molar-refractivity contribution in [2.24, 2.45) is 0 Å². The van der Waals surface area contributed by atoms with Gasteiger partial charge in [0.2, 0.25) is 5.91 Å². The molecule has 0 atom stereocenters. The van der Waals surface area contributed by atoms with E-state index in [0.29, 0.717) is 22.8 Å². The molecule has 3 nitrogen and oxygen atoms in total. The number of benzene rings is 2. The molecule has 1 amide bonds. The molecule has 0 saturated heterocycles. The molecule has 0 aliphatic carbocycles. The van der Waals surface area contributed by atoms with Gasteiger partial charge in [0.05, 0.1) is 12.1 Å². The summed E-state index contributed by atoms with van der Waals surface area (Å²) in [6, 6.07) is 14.8. The highest BCUT2D eigenvalue weighted by molar-refractivity contribution is 7.13. The maximum atomic E-state index is 13.9.